The average Bonchev–Trinajstić information content (AvgIpc) is 2.74. The van der Waals surface area contributed by atoms with Gasteiger partial charge >= 0.3 is 12.1 Å². The summed E-state index contributed by atoms with van der Waals surface area (Å²) in [7, 11) is 0. The van der Waals surface area contributed by atoms with E-state index in [1.165, 1.54) is 18.3 Å². The van der Waals surface area contributed by atoms with E-state index in [-0.39, 0.29) is 5.82 Å². The zero-order valence-electron chi connectivity index (χ0n) is 9.15. The second kappa shape index (κ2) is 4.58. The number of carboxylic acid groups (broad SMARTS) is 1. The molecule has 0 aromatic carbocycles. The molecule has 100 valence electrons. The Kier molecular flexibility index (Phi) is 3.23. The first-order chi connectivity index (χ1) is 8.79. The Balaban J connectivity index is 2.55. The number of aromatic nitrogens is 2. The van der Waals surface area contributed by atoms with Crippen molar-refractivity contribution < 1.29 is 23.1 Å². The summed E-state index contributed by atoms with van der Waals surface area (Å²) in [4.78, 5) is 14.6. The van der Waals surface area contributed by atoms with Crippen molar-refractivity contribution in [1.82, 2.24) is 9.55 Å². The summed E-state index contributed by atoms with van der Waals surface area (Å²) in [6, 6.07) is 2.83. The molecule has 2 heterocycles. The molecule has 0 amide bonds. The predicted molar refractivity (Wildman–Crippen MR) is 60.5 cm³/mol. The van der Waals surface area contributed by atoms with Gasteiger partial charge in [0.05, 0.1) is 16.1 Å². The van der Waals surface area contributed by atoms with Crippen molar-refractivity contribution in [3.63, 3.8) is 0 Å². The van der Waals surface area contributed by atoms with Crippen LogP contribution in [-0.2, 0) is 6.18 Å². The molecule has 0 saturated heterocycles. The molecule has 1 N–H and O–H groups in total. The van der Waals surface area contributed by atoms with Crippen molar-refractivity contribution in [3.05, 3.63) is 46.9 Å². The van der Waals surface area contributed by atoms with Crippen LogP contribution in [0.25, 0.3) is 5.82 Å². The lowest BCUT2D eigenvalue weighted by molar-refractivity contribution is -0.138. The summed E-state index contributed by atoms with van der Waals surface area (Å²) in [6.45, 7) is 0. The van der Waals surface area contributed by atoms with Crippen LogP contribution in [0, 0.1) is 0 Å². The number of hydrogen-bond acceptors (Lipinski definition) is 2. The van der Waals surface area contributed by atoms with Crippen LogP contribution in [0.5, 0.6) is 0 Å². The van der Waals surface area contributed by atoms with Gasteiger partial charge < -0.3 is 9.67 Å². The molecule has 0 atom stereocenters. The van der Waals surface area contributed by atoms with Crippen molar-refractivity contribution in [2.24, 2.45) is 0 Å². The molecule has 2 aromatic rings. The van der Waals surface area contributed by atoms with E-state index in [9.17, 15) is 18.0 Å². The van der Waals surface area contributed by atoms with Crippen LogP contribution in [0.3, 0.4) is 0 Å². The van der Waals surface area contributed by atoms with Gasteiger partial charge in [-0.2, -0.15) is 13.2 Å². The van der Waals surface area contributed by atoms with E-state index >= 15 is 0 Å². The lowest BCUT2D eigenvalue weighted by atomic mass is 10.2. The highest BCUT2D eigenvalue weighted by molar-refractivity contribution is 6.30. The van der Waals surface area contributed by atoms with Crippen LogP contribution < -0.4 is 0 Å². The first-order valence-corrected chi connectivity index (χ1v) is 5.31. The smallest absolute Gasteiger partial charge is 0.418 e. The molecular weight excluding hydrogens is 285 g/mol. The number of carboxylic acids is 1. The molecule has 0 aliphatic rings. The van der Waals surface area contributed by atoms with Crippen LogP contribution in [0.1, 0.15) is 15.9 Å². The summed E-state index contributed by atoms with van der Waals surface area (Å²) in [5.41, 5.74) is -2.05. The number of hydrogen-bond donors (Lipinski definition) is 1. The number of aromatic carboxylic acids is 1. The highest BCUT2D eigenvalue weighted by Crippen LogP contribution is 2.33. The van der Waals surface area contributed by atoms with Crippen molar-refractivity contribution in [1.29, 1.82) is 0 Å². The molecular formula is C11H6ClF3N2O2. The molecule has 0 bridgehead atoms. The zero-order valence-corrected chi connectivity index (χ0v) is 9.90. The lowest BCUT2D eigenvalue weighted by Crippen LogP contribution is -2.09. The summed E-state index contributed by atoms with van der Waals surface area (Å²) < 4.78 is 39.0. The number of halogens is 4. The molecule has 0 unspecified atom stereocenters. The van der Waals surface area contributed by atoms with Gasteiger partial charge in [-0.15, -0.1) is 0 Å². The van der Waals surface area contributed by atoms with Crippen LogP contribution in [0.15, 0.2) is 30.7 Å². The minimum absolute atomic E-state index is 0.141. The van der Waals surface area contributed by atoms with E-state index in [2.05, 4.69) is 4.98 Å². The minimum Gasteiger partial charge on any atom is -0.478 e. The fourth-order valence-electron chi connectivity index (χ4n) is 1.50. The third-order valence-corrected chi connectivity index (χ3v) is 2.56. The second-order valence-electron chi connectivity index (χ2n) is 3.63. The first-order valence-electron chi connectivity index (χ1n) is 4.93. The average molecular weight is 291 g/mol. The number of alkyl halides is 3. The van der Waals surface area contributed by atoms with E-state index in [0.29, 0.717) is 11.2 Å². The number of pyridine rings is 1. The molecule has 0 aliphatic carbocycles. The Morgan fingerprint density at radius 3 is 2.42 bits per heavy atom. The quantitative estimate of drug-likeness (QED) is 0.924. The van der Waals surface area contributed by atoms with E-state index in [1.807, 2.05) is 0 Å². The highest BCUT2D eigenvalue weighted by Gasteiger charge is 2.37. The fraction of sp³-hybridized carbons (Fsp3) is 0.0909. The standard InChI is InChI=1S/C11H6ClF3N2O2/c12-6-1-2-9(16-3-6)17-4-7(10(18)19)8(5-17)11(13,14)15/h1-5H,(H,18,19). The van der Waals surface area contributed by atoms with E-state index in [1.54, 1.807) is 0 Å². The maximum atomic E-state index is 12.7. The Hall–Kier alpha value is -2.02. The molecule has 0 aliphatic heterocycles. The van der Waals surface area contributed by atoms with Gasteiger partial charge in [0.25, 0.3) is 0 Å². The van der Waals surface area contributed by atoms with E-state index in [0.717, 1.165) is 10.8 Å². The molecule has 0 radical (unpaired) electrons. The van der Waals surface area contributed by atoms with E-state index in [4.69, 9.17) is 16.7 Å². The molecule has 0 spiro atoms. The summed E-state index contributed by atoms with van der Waals surface area (Å²) in [5, 5.41) is 9.10. The van der Waals surface area contributed by atoms with Gasteiger partial charge in [0, 0.05) is 18.6 Å². The van der Waals surface area contributed by atoms with Crippen molar-refractivity contribution in [2.75, 3.05) is 0 Å². The van der Waals surface area contributed by atoms with Crippen LogP contribution in [-0.4, -0.2) is 20.6 Å². The number of carbonyl (C=O) groups is 1. The Morgan fingerprint density at radius 2 is 2.00 bits per heavy atom. The Morgan fingerprint density at radius 1 is 1.32 bits per heavy atom. The van der Waals surface area contributed by atoms with Gasteiger partial charge in [0.15, 0.2) is 0 Å². The van der Waals surface area contributed by atoms with Gasteiger partial charge in [-0.25, -0.2) is 9.78 Å². The predicted octanol–water partition coefficient (Wildman–Crippen LogP) is 3.24. The van der Waals surface area contributed by atoms with Gasteiger partial charge in [-0.3, -0.25) is 0 Å². The summed E-state index contributed by atoms with van der Waals surface area (Å²) in [5.74, 6) is -1.51. The van der Waals surface area contributed by atoms with Crippen molar-refractivity contribution >= 4 is 17.6 Å². The maximum Gasteiger partial charge on any atom is 0.418 e. The summed E-state index contributed by atoms with van der Waals surface area (Å²) in [6.07, 6.45) is -1.95. The molecule has 19 heavy (non-hydrogen) atoms. The third-order valence-electron chi connectivity index (χ3n) is 2.34. The Labute approximate surface area is 110 Å². The largest absolute Gasteiger partial charge is 0.478 e. The molecule has 2 aromatic heterocycles. The van der Waals surface area contributed by atoms with Gasteiger partial charge in [-0.05, 0) is 12.1 Å². The molecule has 4 nitrogen and oxygen atoms in total. The highest BCUT2D eigenvalue weighted by atomic mass is 35.5. The number of rotatable bonds is 2. The van der Waals surface area contributed by atoms with Gasteiger partial charge in [0.1, 0.15) is 5.82 Å². The second-order valence-corrected chi connectivity index (χ2v) is 4.07. The van der Waals surface area contributed by atoms with E-state index < -0.39 is 23.3 Å². The minimum atomic E-state index is -4.74. The SMILES string of the molecule is O=C(O)c1cn(-c2ccc(Cl)cn2)cc1C(F)(F)F. The van der Waals surface area contributed by atoms with Crippen molar-refractivity contribution in [2.45, 2.75) is 6.18 Å². The normalized spacial score (nSPS) is 11.6. The molecule has 2 rings (SSSR count). The fourth-order valence-corrected chi connectivity index (χ4v) is 1.62. The topological polar surface area (TPSA) is 55.1 Å². The van der Waals surface area contributed by atoms with Crippen LogP contribution >= 0.6 is 11.6 Å². The maximum absolute atomic E-state index is 12.7. The lowest BCUT2D eigenvalue weighted by Gasteiger charge is -2.04. The number of nitrogens with zero attached hydrogens (tertiary/aromatic N) is 2. The van der Waals surface area contributed by atoms with Crippen molar-refractivity contribution in [3.8, 4) is 5.82 Å². The first kappa shape index (κ1) is 13.4. The van der Waals surface area contributed by atoms with Crippen LogP contribution in [0.4, 0.5) is 13.2 Å². The molecule has 0 fully saturated rings. The Bertz CT molecular complexity index is 620. The van der Waals surface area contributed by atoms with Gasteiger partial charge in [-0.1, -0.05) is 11.6 Å². The monoisotopic (exact) mass is 290 g/mol. The molecule has 0 saturated carbocycles. The van der Waals surface area contributed by atoms with Crippen LogP contribution in [0.2, 0.25) is 5.02 Å². The van der Waals surface area contributed by atoms with Gasteiger partial charge in [0.2, 0.25) is 0 Å². The molecule has 8 heteroatoms. The summed E-state index contributed by atoms with van der Waals surface area (Å²) >= 11 is 5.61. The third kappa shape index (κ3) is 2.70. The zero-order chi connectivity index (χ0) is 14.2.